The van der Waals surface area contributed by atoms with Crippen molar-refractivity contribution in [2.45, 2.75) is 5.66 Å². The van der Waals surface area contributed by atoms with Crippen LogP contribution >= 0.6 is 11.6 Å². The maximum absolute atomic E-state index is 6.85. The molecule has 1 unspecified atom stereocenters. The summed E-state index contributed by atoms with van der Waals surface area (Å²) in [7, 11) is 5.56. The third-order valence-corrected chi connectivity index (χ3v) is 5.75. The molecule has 0 bridgehead atoms. The predicted octanol–water partition coefficient (Wildman–Crippen LogP) is 2.04. The molecular weight excluding hydrogens is 414 g/mol. The Bertz CT molecular complexity index is 987. The number of piperazine rings is 1. The second-order valence-corrected chi connectivity index (χ2v) is 8.25. The summed E-state index contributed by atoms with van der Waals surface area (Å²) in [6.07, 6.45) is 3.72. The number of ether oxygens (including phenoxy) is 1. The van der Waals surface area contributed by atoms with Crippen LogP contribution in [-0.2, 0) is 5.66 Å². The molecule has 1 atom stereocenters. The average Bonchev–Trinajstić information content (AvgIpc) is 2.79. The van der Waals surface area contributed by atoms with Gasteiger partial charge in [-0.1, -0.05) is 17.7 Å². The Balaban J connectivity index is 1.63. The van der Waals surface area contributed by atoms with Crippen LogP contribution in [0.25, 0.3) is 0 Å². The van der Waals surface area contributed by atoms with Crippen LogP contribution in [0.5, 0.6) is 5.75 Å². The molecule has 1 aromatic carbocycles. The first kappa shape index (κ1) is 21.3. The fourth-order valence-electron chi connectivity index (χ4n) is 3.80. The highest BCUT2D eigenvalue weighted by Crippen LogP contribution is 2.35. The third kappa shape index (κ3) is 4.40. The molecule has 3 N–H and O–H groups in total. The number of pyridine rings is 1. The SMILES string of the molecule is COc1ccc(Cl)cc1C1(N)C=C(N(C)C)NC(N2CCN(c3ccccn3)CC2)=N1. The molecule has 2 aromatic rings. The fourth-order valence-corrected chi connectivity index (χ4v) is 3.98. The van der Waals surface area contributed by atoms with Crippen LogP contribution < -0.4 is 20.7 Å². The van der Waals surface area contributed by atoms with E-state index in [1.807, 2.05) is 61.6 Å². The molecule has 0 aliphatic carbocycles. The van der Waals surface area contributed by atoms with Gasteiger partial charge in [0.25, 0.3) is 0 Å². The minimum atomic E-state index is -1.12. The zero-order chi connectivity index (χ0) is 22.0. The van der Waals surface area contributed by atoms with Crippen LogP contribution in [-0.4, -0.2) is 68.1 Å². The molecule has 0 amide bonds. The average molecular weight is 442 g/mol. The molecule has 0 spiro atoms. The van der Waals surface area contributed by atoms with Crippen molar-refractivity contribution in [1.82, 2.24) is 20.1 Å². The Labute approximate surface area is 188 Å². The van der Waals surface area contributed by atoms with Crippen molar-refractivity contribution in [3.63, 3.8) is 0 Å². The van der Waals surface area contributed by atoms with Gasteiger partial charge in [-0.25, -0.2) is 9.98 Å². The van der Waals surface area contributed by atoms with Crippen LogP contribution in [0, 0.1) is 0 Å². The van der Waals surface area contributed by atoms with Gasteiger partial charge < -0.3 is 24.8 Å². The van der Waals surface area contributed by atoms with E-state index in [0.29, 0.717) is 16.3 Å². The molecule has 0 saturated carbocycles. The van der Waals surface area contributed by atoms with Crippen LogP contribution in [0.15, 0.2) is 59.5 Å². The molecule has 3 heterocycles. The first-order valence-electron chi connectivity index (χ1n) is 10.2. The van der Waals surface area contributed by atoms with E-state index in [1.54, 1.807) is 13.2 Å². The first-order valence-corrected chi connectivity index (χ1v) is 10.6. The van der Waals surface area contributed by atoms with Gasteiger partial charge in [0.1, 0.15) is 17.4 Å². The minimum Gasteiger partial charge on any atom is -0.496 e. The van der Waals surface area contributed by atoms with Crippen molar-refractivity contribution >= 4 is 23.4 Å². The molecule has 0 radical (unpaired) electrons. The topological polar surface area (TPSA) is 82.3 Å². The van der Waals surface area contributed by atoms with Crippen molar-refractivity contribution in [2.75, 3.05) is 52.3 Å². The normalized spacial score (nSPS) is 21.2. The number of benzene rings is 1. The van der Waals surface area contributed by atoms with Gasteiger partial charge in [-0.2, -0.15) is 0 Å². The van der Waals surface area contributed by atoms with Gasteiger partial charge in [0.15, 0.2) is 5.66 Å². The van der Waals surface area contributed by atoms with Crippen LogP contribution in [0.3, 0.4) is 0 Å². The van der Waals surface area contributed by atoms with Crippen molar-refractivity contribution in [3.8, 4) is 5.75 Å². The highest BCUT2D eigenvalue weighted by atomic mass is 35.5. The second-order valence-electron chi connectivity index (χ2n) is 7.82. The maximum Gasteiger partial charge on any atom is 0.202 e. The maximum atomic E-state index is 6.85. The van der Waals surface area contributed by atoms with Crippen molar-refractivity contribution in [3.05, 3.63) is 65.1 Å². The monoisotopic (exact) mass is 441 g/mol. The highest BCUT2D eigenvalue weighted by Gasteiger charge is 2.35. The number of halogens is 1. The lowest BCUT2D eigenvalue weighted by Gasteiger charge is -2.41. The number of aliphatic imine (C=N–C) groups is 1. The number of nitrogens with two attached hydrogens (primary N) is 1. The Morgan fingerprint density at radius 3 is 2.52 bits per heavy atom. The van der Waals surface area contributed by atoms with E-state index >= 15 is 0 Å². The van der Waals surface area contributed by atoms with Gasteiger partial charge in [0.05, 0.1) is 7.11 Å². The lowest BCUT2D eigenvalue weighted by Crippen LogP contribution is -2.56. The number of aromatic nitrogens is 1. The molecule has 164 valence electrons. The quantitative estimate of drug-likeness (QED) is 0.751. The van der Waals surface area contributed by atoms with E-state index in [4.69, 9.17) is 27.1 Å². The Kier molecular flexibility index (Phi) is 5.93. The van der Waals surface area contributed by atoms with Crippen molar-refractivity contribution < 1.29 is 4.74 Å². The number of hydrogen-bond donors (Lipinski definition) is 2. The van der Waals surface area contributed by atoms with E-state index in [1.165, 1.54) is 0 Å². The van der Waals surface area contributed by atoms with Crippen molar-refractivity contribution in [2.24, 2.45) is 10.7 Å². The zero-order valence-electron chi connectivity index (χ0n) is 18.0. The molecule has 8 nitrogen and oxygen atoms in total. The lowest BCUT2D eigenvalue weighted by molar-refractivity contribution is 0.348. The number of nitrogens with zero attached hydrogens (tertiary/aromatic N) is 5. The summed E-state index contributed by atoms with van der Waals surface area (Å²) in [5.74, 6) is 3.23. The number of nitrogens with one attached hydrogen (secondary N) is 1. The number of rotatable bonds is 4. The Hall–Kier alpha value is -2.97. The van der Waals surface area contributed by atoms with Gasteiger partial charge in [0.2, 0.25) is 5.96 Å². The summed E-state index contributed by atoms with van der Waals surface area (Å²) in [5, 5.41) is 4.01. The van der Waals surface area contributed by atoms with E-state index < -0.39 is 5.66 Å². The number of anilines is 1. The van der Waals surface area contributed by atoms with Gasteiger partial charge in [-0.05, 0) is 30.3 Å². The molecule has 1 saturated heterocycles. The first-order chi connectivity index (χ1) is 14.9. The largest absolute Gasteiger partial charge is 0.496 e. The van der Waals surface area contributed by atoms with Crippen LogP contribution in [0.1, 0.15) is 5.56 Å². The summed E-state index contributed by atoms with van der Waals surface area (Å²) >= 11 is 6.29. The molecule has 1 fully saturated rings. The van der Waals surface area contributed by atoms with Crippen LogP contribution in [0.4, 0.5) is 5.82 Å². The number of hydrogen-bond acceptors (Lipinski definition) is 8. The minimum absolute atomic E-state index is 0.583. The summed E-state index contributed by atoms with van der Waals surface area (Å²) in [5.41, 5.74) is 6.45. The summed E-state index contributed by atoms with van der Waals surface area (Å²) < 4.78 is 5.56. The molecule has 1 aromatic heterocycles. The smallest absolute Gasteiger partial charge is 0.202 e. The zero-order valence-corrected chi connectivity index (χ0v) is 18.8. The number of methoxy groups -OCH3 is 1. The van der Waals surface area contributed by atoms with Gasteiger partial charge >= 0.3 is 0 Å². The molecule has 4 rings (SSSR count). The second kappa shape index (κ2) is 8.64. The van der Waals surface area contributed by atoms with Crippen molar-refractivity contribution in [1.29, 1.82) is 0 Å². The summed E-state index contributed by atoms with van der Waals surface area (Å²) in [6.45, 7) is 3.28. The van der Waals surface area contributed by atoms with E-state index in [0.717, 1.165) is 43.8 Å². The lowest BCUT2D eigenvalue weighted by atomic mass is 9.98. The van der Waals surface area contributed by atoms with E-state index in [2.05, 4.69) is 20.1 Å². The molecular formula is C22H28ClN7O. The van der Waals surface area contributed by atoms with Crippen LogP contribution in [0.2, 0.25) is 5.02 Å². The fraction of sp³-hybridized carbons (Fsp3) is 0.364. The number of guanidine groups is 1. The highest BCUT2D eigenvalue weighted by molar-refractivity contribution is 6.30. The molecule has 31 heavy (non-hydrogen) atoms. The summed E-state index contributed by atoms with van der Waals surface area (Å²) in [4.78, 5) is 15.9. The predicted molar refractivity (Wildman–Crippen MR) is 124 cm³/mol. The Morgan fingerprint density at radius 2 is 1.87 bits per heavy atom. The summed E-state index contributed by atoms with van der Waals surface area (Å²) in [6, 6.07) is 11.4. The van der Waals surface area contributed by atoms with E-state index in [9.17, 15) is 0 Å². The van der Waals surface area contributed by atoms with Gasteiger partial charge in [0, 0.05) is 63.1 Å². The standard InChI is InChI=1S/C22H28ClN7O/c1-28(2)20-15-22(24,17-14-16(23)7-8-18(17)31-3)27-21(26-20)30-12-10-29(11-13-30)19-6-4-5-9-25-19/h4-9,14-15H,10-13,24H2,1-3H3,(H,26,27). The molecule has 2 aliphatic rings. The van der Waals surface area contributed by atoms with Gasteiger partial charge in [-0.15, -0.1) is 0 Å². The van der Waals surface area contributed by atoms with E-state index in [-0.39, 0.29) is 0 Å². The van der Waals surface area contributed by atoms with Gasteiger partial charge in [-0.3, -0.25) is 5.73 Å². The Morgan fingerprint density at radius 1 is 1.13 bits per heavy atom. The molecule has 9 heteroatoms. The third-order valence-electron chi connectivity index (χ3n) is 5.51. The molecule has 2 aliphatic heterocycles.